The van der Waals surface area contributed by atoms with Crippen molar-refractivity contribution in [2.45, 2.75) is 58.2 Å². The Labute approximate surface area is 79.7 Å². The minimum absolute atomic E-state index is 0.0374. The molecular formula is C11H18O2. The molecular weight excluding hydrogens is 164 g/mol. The lowest BCUT2D eigenvalue weighted by atomic mass is 9.63. The number of carbonyl (C=O) groups is 1. The van der Waals surface area contributed by atoms with Gasteiger partial charge in [0.05, 0.1) is 17.6 Å². The number of hydrogen-bond donors (Lipinski definition) is 0. The van der Waals surface area contributed by atoms with Crippen molar-refractivity contribution in [3.05, 3.63) is 0 Å². The summed E-state index contributed by atoms with van der Waals surface area (Å²) in [5, 5.41) is 0. The summed E-state index contributed by atoms with van der Waals surface area (Å²) in [7, 11) is 0. The van der Waals surface area contributed by atoms with Crippen LogP contribution in [0.4, 0.5) is 0 Å². The molecule has 2 heteroatoms. The Balaban J connectivity index is 2.03. The van der Waals surface area contributed by atoms with Gasteiger partial charge in [0.15, 0.2) is 0 Å². The maximum absolute atomic E-state index is 11.6. The molecule has 0 heterocycles. The molecule has 2 saturated carbocycles. The molecule has 0 radical (unpaired) electrons. The highest BCUT2D eigenvalue weighted by atomic mass is 16.5. The first kappa shape index (κ1) is 9.20. The van der Waals surface area contributed by atoms with E-state index in [0.29, 0.717) is 12.2 Å². The van der Waals surface area contributed by atoms with Crippen LogP contribution in [-0.2, 0) is 9.53 Å². The lowest BCUT2D eigenvalue weighted by Gasteiger charge is -2.45. The van der Waals surface area contributed by atoms with Crippen LogP contribution in [0.15, 0.2) is 0 Å². The third-order valence-corrected chi connectivity index (χ3v) is 3.47. The van der Waals surface area contributed by atoms with Gasteiger partial charge in [-0.3, -0.25) is 4.79 Å². The van der Waals surface area contributed by atoms with E-state index in [9.17, 15) is 4.79 Å². The monoisotopic (exact) mass is 182 g/mol. The van der Waals surface area contributed by atoms with Gasteiger partial charge in [-0.15, -0.1) is 0 Å². The second kappa shape index (κ2) is 3.09. The summed E-state index contributed by atoms with van der Waals surface area (Å²) >= 11 is 0. The van der Waals surface area contributed by atoms with Crippen LogP contribution in [-0.4, -0.2) is 18.0 Å². The van der Waals surface area contributed by atoms with E-state index in [-0.39, 0.29) is 17.6 Å². The van der Waals surface area contributed by atoms with Gasteiger partial charge in [0.2, 0.25) is 0 Å². The Bertz CT molecular complexity index is 214. The molecule has 0 N–H and O–H groups in total. The molecule has 0 aromatic carbocycles. The fourth-order valence-electron chi connectivity index (χ4n) is 2.73. The van der Waals surface area contributed by atoms with Gasteiger partial charge in [0, 0.05) is 6.42 Å². The lowest BCUT2D eigenvalue weighted by Crippen LogP contribution is -2.54. The first-order chi connectivity index (χ1) is 6.15. The molecule has 74 valence electrons. The number of hydrogen-bond acceptors (Lipinski definition) is 2. The van der Waals surface area contributed by atoms with Gasteiger partial charge < -0.3 is 4.74 Å². The van der Waals surface area contributed by atoms with E-state index in [1.54, 1.807) is 0 Å². The molecule has 1 spiro atoms. The Morgan fingerprint density at radius 2 is 2.00 bits per heavy atom. The van der Waals surface area contributed by atoms with E-state index in [1.165, 1.54) is 12.8 Å². The Morgan fingerprint density at radius 3 is 2.46 bits per heavy atom. The number of ether oxygens (including phenoxy) is 1. The van der Waals surface area contributed by atoms with Crippen LogP contribution in [0.5, 0.6) is 0 Å². The summed E-state index contributed by atoms with van der Waals surface area (Å²) in [6, 6.07) is 0. The third-order valence-electron chi connectivity index (χ3n) is 3.47. The quantitative estimate of drug-likeness (QED) is 0.655. The highest BCUT2D eigenvalue weighted by molar-refractivity contribution is 5.92. The highest BCUT2D eigenvalue weighted by Gasteiger charge is 2.56. The summed E-state index contributed by atoms with van der Waals surface area (Å²) in [5.41, 5.74) is -0.0374. The maximum Gasteiger partial charge on any atom is 0.144 e. The van der Waals surface area contributed by atoms with Crippen molar-refractivity contribution in [3.8, 4) is 0 Å². The van der Waals surface area contributed by atoms with E-state index < -0.39 is 0 Å². The molecule has 2 rings (SSSR count). The standard InChI is InChI=1S/C11H18O2/c1-8(2)13-10-7-9(12)11(10)5-3-4-6-11/h8,10H,3-7H2,1-2H3. The predicted octanol–water partition coefficient (Wildman–Crippen LogP) is 2.31. The Morgan fingerprint density at radius 1 is 1.38 bits per heavy atom. The van der Waals surface area contributed by atoms with E-state index in [0.717, 1.165) is 12.8 Å². The van der Waals surface area contributed by atoms with Crippen LogP contribution < -0.4 is 0 Å². The van der Waals surface area contributed by atoms with Crippen molar-refractivity contribution in [1.29, 1.82) is 0 Å². The lowest BCUT2D eigenvalue weighted by molar-refractivity contribution is -0.168. The summed E-state index contributed by atoms with van der Waals surface area (Å²) in [4.78, 5) is 11.6. The first-order valence-electron chi connectivity index (χ1n) is 5.34. The Hall–Kier alpha value is -0.370. The van der Waals surface area contributed by atoms with Crippen molar-refractivity contribution in [1.82, 2.24) is 0 Å². The maximum atomic E-state index is 11.6. The van der Waals surface area contributed by atoms with Gasteiger partial charge in [0.1, 0.15) is 5.78 Å². The summed E-state index contributed by atoms with van der Waals surface area (Å²) < 4.78 is 5.77. The number of rotatable bonds is 2. The molecule has 13 heavy (non-hydrogen) atoms. The third kappa shape index (κ3) is 1.32. The van der Waals surface area contributed by atoms with Gasteiger partial charge >= 0.3 is 0 Å². The van der Waals surface area contributed by atoms with Gasteiger partial charge in [-0.1, -0.05) is 12.8 Å². The molecule has 0 bridgehead atoms. The number of carbonyl (C=O) groups excluding carboxylic acids is 1. The van der Waals surface area contributed by atoms with Crippen molar-refractivity contribution in [3.63, 3.8) is 0 Å². The summed E-state index contributed by atoms with van der Waals surface area (Å²) in [6.07, 6.45) is 5.73. The van der Waals surface area contributed by atoms with Gasteiger partial charge in [-0.05, 0) is 26.7 Å². The smallest absolute Gasteiger partial charge is 0.144 e. The Kier molecular flexibility index (Phi) is 2.18. The molecule has 2 aliphatic carbocycles. The average Bonchev–Trinajstić information content (AvgIpc) is 2.53. The second-order valence-corrected chi connectivity index (χ2v) is 4.66. The van der Waals surface area contributed by atoms with Crippen LogP contribution in [0, 0.1) is 5.41 Å². The number of Topliss-reactive ketones (excluding diaryl/α,β-unsaturated/α-hetero) is 1. The molecule has 0 aromatic heterocycles. The van der Waals surface area contributed by atoms with Crippen molar-refractivity contribution in [2.75, 3.05) is 0 Å². The molecule has 1 unspecified atom stereocenters. The zero-order chi connectivity index (χ0) is 9.47. The normalized spacial score (nSPS) is 31.3. The fraction of sp³-hybridized carbons (Fsp3) is 0.909. The zero-order valence-corrected chi connectivity index (χ0v) is 8.51. The SMILES string of the molecule is CC(C)OC1CC(=O)C12CCCC2. The van der Waals surface area contributed by atoms with Crippen LogP contribution >= 0.6 is 0 Å². The molecule has 0 amide bonds. The van der Waals surface area contributed by atoms with E-state index in [4.69, 9.17) is 4.74 Å². The minimum Gasteiger partial charge on any atom is -0.374 e. The molecule has 1 atom stereocenters. The van der Waals surface area contributed by atoms with Crippen LogP contribution in [0.1, 0.15) is 46.0 Å². The summed E-state index contributed by atoms with van der Waals surface area (Å²) in [5.74, 6) is 0.454. The fourth-order valence-corrected chi connectivity index (χ4v) is 2.73. The molecule has 2 aliphatic rings. The number of ketones is 1. The highest BCUT2D eigenvalue weighted by Crippen LogP contribution is 2.52. The van der Waals surface area contributed by atoms with Crippen LogP contribution in [0.3, 0.4) is 0 Å². The minimum atomic E-state index is -0.0374. The molecule has 2 fully saturated rings. The largest absolute Gasteiger partial charge is 0.374 e. The van der Waals surface area contributed by atoms with E-state index >= 15 is 0 Å². The van der Waals surface area contributed by atoms with Crippen molar-refractivity contribution in [2.24, 2.45) is 5.41 Å². The van der Waals surface area contributed by atoms with E-state index in [1.807, 2.05) is 13.8 Å². The molecule has 0 aliphatic heterocycles. The van der Waals surface area contributed by atoms with Crippen molar-refractivity contribution < 1.29 is 9.53 Å². The summed E-state index contributed by atoms with van der Waals surface area (Å²) in [6.45, 7) is 4.09. The van der Waals surface area contributed by atoms with Crippen LogP contribution in [0.2, 0.25) is 0 Å². The average molecular weight is 182 g/mol. The first-order valence-corrected chi connectivity index (χ1v) is 5.34. The molecule has 0 saturated heterocycles. The van der Waals surface area contributed by atoms with Gasteiger partial charge in [-0.2, -0.15) is 0 Å². The predicted molar refractivity (Wildman–Crippen MR) is 50.5 cm³/mol. The van der Waals surface area contributed by atoms with Crippen molar-refractivity contribution >= 4 is 5.78 Å². The molecule has 2 nitrogen and oxygen atoms in total. The van der Waals surface area contributed by atoms with Gasteiger partial charge in [-0.25, -0.2) is 0 Å². The van der Waals surface area contributed by atoms with Crippen LogP contribution in [0.25, 0.3) is 0 Å². The molecule has 0 aromatic rings. The zero-order valence-electron chi connectivity index (χ0n) is 8.51. The second-order valence-electron chi connectivity index (χ2n) is 4.66. The van der Waals surface area contributed by atoms with Gasteiger partial charge in [0.25, 0.3) is 0 Å². The van der Waals surface area contributed by atoms with E-state index in [2.05, 4.69) is 0 Å². The topological polar surface area (TPSA) is 26.3 Å².